The van der Waals surface area contributed by atoms with Crippen molar-refractivity contribution < 1.29 is 4.39 Å². The van der Waals surface area contributed by atoms with Gasteiger partial charge >= 0.3 is 0 Å². The van der Waals surface area contributed by atoms with Gasteiger partial charge in [0.15, 0.2) is 5.43 Å². The Hall–Kier alpha value is -1.97. The van der Waals surface area contributed by atoms with Crippen molar-refractivity contribution in [2.45, 2.75) is 0 Å². The fraction of sp³-hybridized carbons (Fsp3) is 0. The Morgan fingerprint density at radius 3 is 2.64 bits per heavy atom. The van der Waals surface area contributed by atoms with E-state index in [1.165, 1.54) is 18.2 Å². The fourth-order valence-electron chi connectivity index (χ4n) is 1.25. The Morgan fingerprint density at radius 2 is 1.86 bits per heavy atom. The summed E-state index contributed by atoms with van der Waals surface area (Å²) in [5.41, 5.74) is -0.522. The van der Waals surface area contributed by atoms with Gasteiger partial charge in [0.05, 0.1) is 5.52 Å². The summed E-state index contributed by atoms with van der Waals surface area (Å²) < 4.78 is 12.8. The maximum absolute atomic E-state index is 12.8. The second-order valence-electron chi connectivity index (χ2n) is 2.88. The molecule has 0 fully saturated rings. The number of rotatable bonds is 0. The van der Waals surface area contributed by atoms with Crippen LogP contribution < -0.4 is 11.0 Å². The molecule has 1 aromatic heterocycles. The first-order chi connectivity index (χ1) is 6.66. The minimum Gasteiger partial charge on any atom is -0.322 e. The zero-order valence-corrected chi connectivity index (χ0v) is 7.08. The molecular weight excluding hydrogens is 185 g/mol. The highest BCUT2D eigenvalue weighted by Crippen LogP contribution is 2.06. The van der Waals surface area contributed by atoms with Gasteiger partial charge in [0, 0.05) is 11.5 Å². The lowest BCUT2D eigenvalue weighted by atomic mass is 10.2. The molecule has 0 atom stereocenters. The predicted octanol–water partition coefficient (Wildman–Crippen LogP) is 1.03. The largest absolute Gasteiger partial charge is 0.322 e. The quantitative estimate of drug-likeness (QED) is 0.676. The van der Waals surface area contributed by atoms with Gasteiger partial charge in [0.1, 0.15) is 5.82 Å². The van der Waals surface area contributed by atoms with Gasteiger partial charge in [-0.3, -0.25) is 9.59 Å². The summed E-state index contributed by atoms with van der Waals surface area (Å²) in [6.07, 6.45) is 0. The van der Waals surface area contributed by atoms with E-state index in [-0.39, 0.29) is 10.9 Å². The van der Waals surface area contributed by atoms with E-state index >= 15 is 0 Å². The average molecular weight is 191 g/mol. The van der Waals surface area contributed by atoms with E-state index in [4.69, 9.17) is 0 Å². The minimum absolute atomic E-state index is 0.213. The molecular formula is C10H6FNO2. The third-order valence-corrected chi connectivity index (χ3v) is 1.89. The lowest BCUT2D eigenvalue weighted by Gasteiger charge is -1.90. The van der Waals surface area contributed by atoms with Crippen LogP contribution in [-0.4, -0.2) is 4.98 Å². The van der Waals surface area contributed by atoms with E-state index in [1.54, 1.807) is 0 Å². The van der Waals surface area contributed by atoms with Crippen LogP contribution in [0, 0.1) is 5.82 Å². The maximum Gasteiger partial charge on any atom is 0.248 e. The molecule has 3 nitrogen and oxygen atoms in total. The van der Waals surface area contributed by atoms with Crippen molar-refractivity contribution in [2.75, 3.05) is 0 Å². The molecule has 0 saturated carbocycles. The van der Waals surface area contributed by atoms with Crippen LogP contribution >= 0.6 is 0 Å². The van der Waals surface area contributed by atoms with E-state index in [0.29, 0.717) is 5.39 Å². The van der Waals surface area contributed by atoms with Gasteiger partial charge in [-0.1, -0.05) is 0 Å². The van der Waals surface area contributed by atoms with Crippen molar-refractivity contribution in [1.29, 1.82) is 0 Å². The summed E-state index contributed by atoms with van der Waals surface area (Å²) in [4.78, 5) is 24.8. The van der Waals surface area contributed by atoms with Gasteiger partial charge in [0.25, 0.3) is 0 Å². The Balaban J connectivity index is 3.08. The van der Waals surface area contributed by atoms with Gasteiger partial charge < -0.3 is 4.98 Å². The van der Waals surface area contributed by atoms with Crippen molar-refractivity contribution in [3.05, 3.63) is 56.7 Å². The molecule has 4 heteroatoms. The number of nitrogens with one attached hydrogen (secondary N) is 1. The molecule has 1 aromatic carbocycles. The summed E-state index contributed by atoms with van der Waals surface area (Å²) in [6, 6.07) is 5.95. The lowest BCUT2D eigenvalue weighted by molar-refractivity contribution is 0.629. The van der Waals surface area contributed by atoms with E-state index in [9.17, 15) is 14.0 Å². The number of aromatic nitrogens is 1. The number of benzene rings is 1. The van der Waals surface area contributed by atoms with Crippen LogP contribution in [0.1, 0.15) is 0 Å². The first-order valence-electron chi connectivity index (χ1n) is 4.00. The number of hydrogen-bond acceptors (Lipinski definition) is 2. The molecule has 1 N–H and O–H groups in total. The first-order valence-corrected chi connectivity index (χ1v) is 4.00. The van der Waals surface area contributed by atoms with Gasteiger partial charge in [-0.05, 0) is 24.3 Å². The van der Waals surface area contributed by atoms with Crippen molar-refractivity contribution >= 4 is 10.9 Å². The van der Waals surface area contributed by atoms with Crippen LogP contribution in [0.15, 0.2) is 39.9 Å². The van der Waals surface area contributed by atoms with Crippen molar-refractivity contribution in [2.24, 2.45) is 0 Å². The van der Waals surface area contributed by atoms with Crippen LogP contribution in [0.5, 0.6) is 0 Å². The Labute approximate surface area is 77.8 Å². The predicted molar refractivity (Wildman–Crippen MR) is 50.8 cm³/mol. The van der Waals surface area contributed by atoms with E-state index in [0.717, 1.165) is 12.1 Å². The van der Waals surface area contributed by atoms with Gasteiger partial charge in [0.2, 0.25) is 5.56 Å². The zero-order chi connectivity index (χ0) is 10.1. The molecule has 70 valence electrons. The number of halogens is 1. The van der Waals surface area contributed by atoms with Crippen molar-refractivity contribution in [3.63, 3.8) is 0 Å². The highest BCUT2D eigenvalue weighted by atomic mass is 19.1. The van der Waals surface area contributed by atoms with Gasteiger partial charge in [-0.15, -0.1) is 0 Å². The zero-order valence-electron chi connectivity index (χ0n) is 7.08. The summed E-state index contributed by atoms with van der Waals surface area (Å²) in [5, 5.41) is 0.300. The lowest BCUT2D eigenvalue weighted by Crippen LogP contribution is -1.98. The highest BCUT2D eigenvalue weighted by Gasteiger charge is 1.98. The molecule has 1 heterocycles. The van der Waals surface area contributed by atoms with E-state index in [2.05, 4.69) is 4.98 Å². The Morgan fingerprint density at radius 1 is 1.07 bits per heavy atom. The molecule has 0 bridgehead atoms. The number of aromatic amines is 1. The fourth-order valence-corrected chi connectivity index (χ4v) is 1.25. The van der Waals surface area contributed by atoms with Gasteiger partial charge in [-0.2, -0.15) is 0 Å². The van der Waals surface area contributed by atoms with Crippen molar-refractivity contribution in [1.82, 2.24) is 4.98 Å². The molecule has 0 aliphatic carbocycles. The average Bonchev–Trinajstić information content (AvgIpc) is 2.26. The van der Waals surface area contributed by atoms with Crippen LogP contribution in [0.2, 0.25) is 0 Å². The first kappa shape index (κ1) is 8.62. The molecule has 14 heavy (non-hydrogen) atoms. The highest BCUT2D eigenvalue weighted by molar-refractivity contribution is 5.77. The second-order valence-corrected chi connectivity index (χ2v) is 2.88. The van der Waals surface area contributed by atoms with Crippen LogP contribution in [0.4, 0.5) is 4.39 Å². The number of hydrogen-bond donors (Lipinski definition) is 1. The summed E-state index contributed by atoms with van der Waals surface area (Å²) in [6.45, 7) is 0. The van der Waals surface area contributed by atoms with E-state index in [1.807, 2.05) is 0 Å². The van der Waals surface area contributed by atoms with Crippen LogP contribution in [0.3, 0.4) is 0 Å². The standard InChI is InChI=1S/C10H6FNO2/c11-6-1-2-7-8(5-6)12-10(14)4-3-9(7)13/h1-5H,(H,12,14). The molecule has 2 aromatic rings. The molecule has 0 saturated heterocycles. The third-order valence-electron chi connectivity index (χ3n) is 1.89. The summed E-state index contributed by atoms with van der Waals surface area (Å²) in [5.74, 6) is -0.487. The normalized spacial score (nSPS) is 10.4. The molecule has 0 radical (unpaired) electrons. The molecule has 2 rings (SSSR count). The van der Waals surface area contributed by atoms with E-state index < -0.39 is 11.4 Å². The number of fused-ring (bicyclic) bond motifs is 1. The van der Waals surface area contributed by atoms with Crippen molar-refractivity contribution in [3.8, 4) is 0 Å². The third kappa shape index (κ3) is 1.42. The summed E-state index contributed by atoms with van der Waals surface area (Å²) >= 11 is 0. The Kier molecular flexibility index (Phi) is 1.89. The smallest absolute Gasteiger partial charge is 0.248 e. The van der Waals surface area contributed by atoms with Crippen LogP contribution in [0.25, 0.3) is 10.9 Å². The molecule has 0 amide bonds. The van der Waals surface area contributed by atoms with Crippen LogP contribution in [-0.2, 0) is 0 Å². The molecule has 0 spiro atoms. The Bertz CT molecular complexity index is 604. The monoisotopic (exact) mass is 191 g/mol. The number of H-pyrrole nitrogens is 1. The maximum atomic E-state index is 12.8. The topological polar surface area (TPSA) is 49.9 Å². The second kappa shape index (κ2) is 3.06. The summed E-state index contributed by atoms with van der Waals surface area (Å²) in [7, 11) is 0. The minimum atomic E-state index is -0.487. The molecule has 0 aliphatic heterocycles. The van der Waals surface area contributed by atoms with Gasteiger partial charge in [-0.25, -0.2) is 4.39 Å². The SMILES string of the molecule is O=c1ccc(=O)c2ccc(F)cc2[nH]1. The molecule has 0 aliphatic rings. The molecule has 0 unspecified atom stereocenters.